The lowest BCUT2D eigenvalue weighted by atomic mass is 10.4. The molecule has 0 unspecified atom stereocenters. The summed E-state index contributed by atoms with van der Waals surface area (Å²) in [7, 11) is -3.73. The number of aryl methyl sites for hydroxylation is 1. The predicted molar refractivity (Wildman–Crippen MR) is 61.9 cm³/mol. The minimum atomic E-state index is -3.73. The molecule has 90 valence electrons. The zero-order valence-electron chi connectivity index (χ0n) is 8.71. The molecule has 0 saturated heterocycles. The van der Waals surface area contributed by atoms with Gasteiger partial charge in [0.05, 0.1) is 4.90 Å². The third-order valence-corrected chi connectivity index (χ3v) is 4.11. The first-order valence-corrected chi connectivity index (χ1v) is 6.86. The van der Waals surface area contributed by atoms with Crippen LogP contribution in [0, 0.1) is 12.7 Å². The Bertz CT molecular complexity index is 622. The highest BCUT2D eigenvalue weighted by molar-refractivity contribution is 7.93. The van der Waals surface area contributed by atoms with Crippen molar-refractivity contribution in [3.05, 3.63) is 35.1 Å². The third-order valence-electron chi connectivity index (χ3n) is 1.87. The number of benzene rings is 1. The molecule has 0 aliphatic carbocycles. The molecule has 0 fully saturated rings. The van der Waals surface area contributed by atoms with Gasteiger partial charge in [-0.3, -0.25) is 4.72 Å². The lowest BCUT2D eigenvalue weighted by Gasteiger charge is -2.03. The molecular formula is C9H8FN3O2S2. The van der Waals surface area contributed by atoms with Crippen molar-refractivity contribution in [1.82, 2.24) is 10.2 Å². The number of nitrogens with zero attached hydrogens (tertiary/aromatic N) is 2. The van der Waals surface area contributed by atoms with Gasteiger partial charge in [0.15, 0.2) is 0 Å². The Labute approximate surface area is 101 Å². The van der Waals surface area contributed by atoms with Gasteiger partial charge in [0.1, 0.15) is 10.8 Å². The normalized spacial score (nSPS) is 11.4. The van der Waals surface area contributed by atoms with Crippen molar-refractivity contribution in [2.75, 3.05) is 4.72 Å². The lowest BCUT2D eigenvalue weighted by Crippen LogP contribution is -2.12. The summed E-state index contributed by atoms with van der Waals surface area (Å²) < 4.78 is 38.6. The van der Waals surface area contributed by atoms with E-state index in [1.165, 1.54) is 12.1 Å². The van der Waals surface area contributed by atoms with Gasteiger partial charge < -0.3 is 0 Å². The number of hydrogen-bond donors (Lipinski definition) is 1. The molecule has 5 nitrogen and oxygen atoms in total. The maximum Gasteiger partial charge on any atom is 0.263 e. The summed E-state index contributed by atoms with van der Waals surface area (Å²) in [6.45, 7) is 1.72. The van der Waals surface area contributed by atoms with Crippen LogP contribution in [-0.2, 0) is 10.0 Å². The molecule has 0 amide bonds. The number of hydrogen-bond acceptors (Lipinski definition) is 5. The van der Waals surface area contributed by atoms with Crippen LogP contribution in [0.4, 0.5) is 9.52 Å². The summed E-state index contributed by atoms with van der Waals surface area (Å²) in [5.74, 6) is -0.490. The molecule has 0 aliphatic rings. The van der Waals surface area contributed by atoms with Crippen molar-refractivity contribution in [3.8, 4) is 0 Å². The fourth-order valence-corrected chi connectivity index (χ4v) is 2.95. The maximum atomic E-state index is 12.7. The van der Waals surface area contributed by atoms with E-state index < -0.39 is 15.8 Å². The first kappa shape index (κ1) is 11.9. The van der Waals surface area contributed by atoms with Crippen LogP contribution in [-0.4, -0.2) is 18.6 Å². The Morgan fingerprint density at radius 3 is 2.41 bits per heavy atom. The Morgan fingerprint density at radius 1 is 1.24 bits per heavy atom. The minimum absolute atomic E-state index is 0.0215. The molecule has 0 aliphatic heterocycles. The van der Waals surface area contributed by atoms with E-state index in [0.717, 1.165) is 23.5 Å². The molecule has 2 aromatic rings. The molecular weight excluding hydrogens is 265 g/mol. The number of sulfonamides is 1. The molecule has 1 aromatic carbocycles. The topological polar surface area (TPSA) is 72.0 Å². The zero-order valence-corrected chi connectivity index (χ0v) is 10.3. The summed E-state index contributed by atoms with van der Waals surface area (Å²) in [6.07, 6.45) is 0. The van der Waals surface area contributed by atoms with E-state index in [2.05, 4.69) is 14.9 Å². The van der Waals surface area contributed by atoms with Gasteiger partial charge in [-0.2, -0.15) is 0 Å². The maximum absolute atomic E-state index is 12.7. The number of rotatable bonds is 3. The smallest absolute Gasteiger partial charge is 0.253 e. The molecule has 0 bridgehead atoms. The van der Waals surface area contributed by atoms with Crippen LogP contribution < -0.4 is 4.72 Å². The summed E-state index contributed by atoms with van der Waals surface area (Å²) in [5.41, 5.74) is 0. The predicted octanol–water partition coefficient (Wildman–Crippen LogP) is 1.79. The number of nitrogens with one attached hydrogen (secondary N) is 1. The van der Waals surface area contributed by atoms with Gasteiger partial charge in [-0.25, -0.2) is 12.8 Å². The average molecular weight is 273 g/mol. The highest BCUT2D eigenvalue weighted by Crippen LogP contribution is 2.19. The average Bonchev–Trinajstić information content (AvgIpc) is 2.63. The Kier molecular flexibility index (Phi) is 3.07. The highest BCUT2D eigenvalue weighted by Gasteiger charge is 2.16. The van der Waals surface area contributed by atoms with Gasteiger partial charge >= 0.3 is 0 Å². The monoisotopic (exact) mass is 273 g/mol. The second kappa shape index (κ2) is 4.38. The summed E-state index contributed by atoms with van der Waals surface area (Å²) in [5, 5.41) is 8.18. The standard InChI is InChI=1S/C9H8FN3O2S2/c1-6-11-12-9(16-6)13-17(14,15)8-4-2-7(10)3-5-8/h2-5H,1H3,(H,12,13). The second-order valence-electron chi connectivity index (χ2n) is 3.19. The van der Waals surface area contributed by atoms with E-state index in [4.69, 9.17) is 0 Å². The van der Waals surface area contributed by atoms with Gasteiger partial charge in [-0.15, -0.1) is 10.2 Å². The number of aromatic nitrogens is 2. The van der Waals surface area contributed by atoms with Crippen LogP contribution in [0.5, 0.6) is 0 Å². The van der Waals surface area contributed by atoms with Gasteiger partial charge in [0, 0.05) is 0 Å². The molecule has 0 spiro atoms. The molecule has 0 radical (unpaired) electrons. The van der Waals surface area contributed by atoms with Crippen molar-refractivity contribution in [3.63, 3.8) is 0 Å². The third kappa shape index (κ3) is 2.77. The van der Waals surface area contributed by atoms with E-state index >= 15 is 0 Å². The van der Waals surface area contributed by atoms with E-state index in [1.807, 2.05) is 0 Å². The largest absolute Gasteiger partial charge is 0.263 e. The van der Waals surface area contributed by atoms with Crippen molar-refractivity contribution >= 4 is 26.5 Å². The SMILES string of the molecule is Cc1nnc(NS(=O)(=O)c2ccc(F)cc2)s1. The quantitative estimate of drug-likeness (QED) is 0.925. The van der Waals surface area contributed by atoms with E-state index in [1.54, 1.807) is 6.92 Å². The van der Waals surface area contributed by atoms with E-state index in [-0.39, 0.29) is 10.0 Å². The number of anilines is 1. The van der Waals surface area contributed by atoms with Gasteiger partial charge in [0.25, 0.3) is 10.0 Å². The Morgan fingerprint density at radius 2 is 1.88 bits per heavy atom. The van der Waals surface area contributed by atoms with Crippen molar-refractivity contribution in [1.29, 1.82) is 0 Å². The molecule has 1 heterocycles. The van der Waals surface area contributed by atoms with Gasteiger partial charge in [0.2, 0.25) is 5.13 Å². The summed E-state index contributed by atoms with van der Waals surface area (Å²) in [6, 6.07) is 4.54. The van der Waals surface area contributed by atoms with Crippen LogP contribution in [0.15, 0.2) is 29.2 Å². The van der Waals surface area contributed by atoms with Crippen LogP contribution in [0.25, 0.3) is 0 Å². The fourth-order valence-electron chi connectivity index (χ4n) is 1.13. The Balaban J connectivity index is 2.28. The molecule has 17 heavy (non-hydrogen) atoms. The second-order valence-corrected chi connectivity index (χ2v) is 6.05. The van der Waals surface area contributed by atoms with Crippen molar-refractivity contribution < 1.29 is 12.8 Å². The molecule has 2 rings (SSSR count). The summed E-state index contributed by atoms with van der Waals surface area (Å²) in [4.78, 5) is -0.0215. The molecule has 1 aromatic heterocycles. The van der Waals surface area contributed by atoms with Crippen LogP contribution >= 0.6 is 11.3 Å². The molecule has 0 atom stereocenters. The van der Waals surface area contributed by atoms with Crippen LogP contribution in [0.3, 0.4) is 0 Å². The van der Waals surface area contributed by atoms with Gasteiger partial charge in [-0.05, 0) is 31.2 Å². The first-order valence-electron chi connectivity index (χ1n) is 4.56. The number of halogens is 1. The van der Waals surface area contributed by atoms with Crippen LogP contribution in [0.1, 0.15) is 5.01 Å². The molecule has 1 N–H and O–H groups in total. The molecule has 0 saturated carbocycles. The minimum Gasteiger partial charge on any atom is -0.253 e. The fraction of sp³-hybridized carbons (Fsp3) is 0.111. The molecule has 8 heteroatoms. The van der Waals surface area contributed by atoms with Crippen LogP contribution in [0.2, 0.25) is 0 Å². The Hall–Kier alpha value is -1.54. The summed E-state index contributed by atoms with van der Waals surface area (Å²) >= 11 is 1.13. The van der Waals surface area contributed by atoms with E-state index in [0.29, 0.717) is 5.01 Å². The lowest BCUT2D eigenvalue weighted by molar-refractivity contribution is 0.599. The highest BCUT2D eigenvalue weighted by atomic mass is 32.2. The van der Waals surface area contributed by atoms with Gasteiger partial charge in [-0.1, -0.05) is 11.3 Å². The zero-order chi connectivity index (χ0) is 12.5. The van der Waals surface area contributed by atoms with E-state index in [9.17, 15) is 12.8 Å². The van der Waals surface area contributed by atoms with Crippen molar-refractivity contribution in [2.45, 2.75) is 11.8 Å². The van der Waals surface area contributed by atoms with Crippen molar-refractivity contribution in [2.24, 2.45) is 0 Å². The first-order chi connectivity index (χ1) is 7.97.